The maximum Gasteiger partial charge on any atom is 0.226 e. The van der Waals surface area contributed by atoms with Crippen molar-refractivity contribution < 1.29 is 9.53 Å². The standard InChI is InChI=1S/C16H22N2O2/c1-2-5-14-6-3-4-7-15(14)20-13-8-16(19)18-11-9-17-10-12-18/h2-4,6-7,17H,1,5,8-13H2. The van der Waals surface area contributed by atoms with Gasteiger partial charge in [-0.2, -0.15) is 0 Å². The number of hydrogen-bond donors (Lipinski definition) is 1. The number of hydrogen-bond acceptors (Lipinski definition) is 3. The van der Waals surface area contributed by atoms with Gasteiger partial charge in [0.05, 0.1) is 13.0 Å². The van der Waals surface area contributed by atoms with E-state index in [4.69, 9.17) is 4.74 Å². The fourth-order valence-electron chi connectivity index (χ4n) is 2.29. The first-order valence-electron chi connectivity index (χ1n) is 7.11. The van der Waals surface area contributed by atoms with Gasteiger partial charge in [-0.25, -0.2) is 0 Å². The van der Waals surface area contributed by atoms with Crippen molar-refractivity contribution in [1.29, 1.82) is 0 Å². The Kier molecular flexibility index (Phi) is 5.62. The van der Waals surface area contributed by atoms with Gasteiger partial charge in [-0.1, -0.05) is 24.3 Å². The molecular formula is C16H22N2O2. The molecule has 0 aromatic heterocycles. The van der Waals surface area contributed by atoms with Crippen molar-refractivity contribution in [2.75, 3.05) is 32.8 Å². The van der Waals surface area contributed by atoms with Gasteiger partial charge in [0.25, 0.3) is 0 Å². The number of ether oxygens (including phenoxy) is 1. The van der Waals surface area contributed by atoms with Gasteiger partial charge in [0.1, 0.15) is 5.75 Å². The van der Waals surface area contributed by atoms with E-state index in [1.807, 2.05) is 35.2 Å². The summed E-state index contributed by atoms with van der Waals surface area (Å²) in [5, 5.41) is 3.24. The SMILES string of the molecule is C=CCc1ccccc1OCCC(=O)N1CCNCC1. The molecule has 0 radical (unpaired) electrons. The van der Waals surface area contributed by atoms with Gasteiger partial charge < -0.3 is 15.0 Å². The van der Waals surface area contributed by atoms with E-state index in [2.05, 4.69) is 11.9 Å². The molecule has 1 aromatic carbocycles. The minimum atomic E-state index is 0.174. The summed E-state index contributed by atoms with van der Waals surface area (Å²) >= 11 is 0. The summed E-state index contributed by atoms with van der Waals surface area (Å²) in [6.07, 6.45) is 3.07. The van der Waals surface area contributed by atoms with Crippen molar-refractivity contribution in [3.63, 3.8) is 0 Å². The van der Waals surface area contributed by atoms with Crippen LogP contribution in [0.4, 0.5) is 0 Å². The predicted molar refractivity (Wildman–Crippen MR) is 79.9 cm³/mol. The van der Waals surface area contributed by atoms with E-state index in [0.717, 1.165) is 43.9 Å². The first kappa shape index (κ1) is 14.6. The predicted octanol–water partition coefficient (Wildman–Crippen LogP) is 1.62. The lowest BCUT2D eigenvalue weighted by Crippen LogP contribution is -2.46. The molecule has 0 spiro atoms. The number of carbonyl (C=O) groups excluding carboxylic acids is 1. The van der Waals surface area contributed by atoms with Crippen LogP contribution in [0.2, 0.25) is 0 Å². The summed E-state index contributed by atoms with van der Waals surface area (Å²) in [6, 6.07) is 7.89. The van der Waals surface area contributed by atoms with E-state index < -0.39 is 0 Å². The monoisotopic (exact) mass is 274 g/mol. The minimum Gasteiger partial charge on any atom is -0.493 e. The Morgan fingerprint density at radius 2 is 2.10 bits per heavy atom. The number of nitrogens with zero attached hydrogens (tertiary/aromatic N) is 1. The second-order valence-corrected chi connectivity index (χ2v) is 4.83. The van der Waals surface area contributed by atoms with Gasteiger partial charge in [-0.15, -0.1) is 6.58 Å². The van der Waals surface area contributed by atoms with Gasteiger partial charge in [-0.3, -0.25) is 4.79 Å². The van der Waals surface area contributed by atoms with Gasteiger partial charge in [-0.05, 0) is 18.1 Å². The molecule has 0 atom stereocenters. The second kappa shape index (κ2) is 7.70. The summed E-state index contributed by atoms with van der Waals surface area (Å²) in [5.74, 6) is 1.02. The molecule has 0 saturated carbocycles. The highest BCUT2D eigenvalue weighted by atomic mass is 16.5. The number of nitrogens with one attached hydrogen (secondary N) is 1. The van der Waals surface area contributed by atoms with Crippen LogP contribution in [0, 0.1) is 0 Å². The zero-order chi connectivity index (χ0) is 14.2. The molecule has 108 valence electrons. The van der Waals surface area contributed by atoms with Crippen molar-refractivity contribution in [3.8, 4) is 5.75 Å². The lowest BCUT2D eigenvalue weighted by Gasteiger charge is -2.27. The third-order valence-electron chi connectivity index (χ3n) is 3.38. The van der Waals surface area contributed by atoms with Crippen molar-refractivity contribution in [3.05, 3.63) is 42.5 Å². The topological polar surface area (TPSA) is 41.6 Å². The first-order valence-corrected chi connectivity index (χ1v) is 7.11. The van der Waals surface area contributed by atoms with Crippen LogP contribution >= 0.6 is 0 Å². The smallest absolute Gasteiger partial charge is 0.226 e. The van der Waals surface area contributed by atoms with Crippen molar-refractivity contribution in [2.24, 2.45) is 0 Å². The summed E-state index contributed by atoms with van der Waals surface area (Å²) in [6.45, 7) is 7.53. The highest BCUT2D eigenvalue weighted by molar-refractivity contribution is 5.76. The van der Waals surface area contributed by atoms with Crippen LogP contribution in [-0.4, -0.2) is 43.6 Å². The zero-order valence-electron chi connectivity index (χ0n) is 11.8. The quantitative estimate of drug-likeness (QED) is 0.801. The Balaban J connectivity index is 1.80. The Morgan fingerprint density at radius 1 is 1.35 bits per heavy atom. The number of allylic oxidation sites excluding steroid dienone is 1. The van der Waals surface area contributed by atoms with Crippen LogP contribution in [-0.2, 0) is 11.2 Å². The molecular weight excluding hydrogens is 252 g/mol. The third-order valence-corrected chi connectivity index (χ3v) is 3.38. The molecule has 0 bridgehead atoms. The molecule has 2 rings (SSSR count). The van der Waals surface area contributed by atoms with Crippen LogP contribution in [0.1, 0.15) is 12.0 Å². The lowest BCUT2D eigenvalue weighted by atomic mass is 10.1. The fraction of sp³-hybridized carbons (Fsp3) is 0.438. The van der Waals surface area contributed by atoms with Crippen molar-refractivity contribution in [1.82, 2.24) is 10.2 Å². The minimum absolute atomic E-state index is 0.174. The van der Waals surface area contributed by atoms with Crippen molar-refractivity contribution >= 4 is 5.91 Å². The van der Waals surface area contributed by atoms with Gasteiger partial charge in [0, 0.05) is 26.2 Å². The number of amides is 1. The van der Waals surface area contributed by atoms with Gasteiger partial charge in [0.2, 0.25) is 5.91 Å². The molecule has 4 nitrogen and oxygen atoms in total. The number of benzene rings is 1. The molecule has 1 amide bonds. The lowest BCUT2D eigenvalue weighted by molar-refractivity contribution is -0.132. The van der Waals surface area contributed by atoms with Crippen LogP contribution in [0.25, 0.3) is 0 Å². The van der Waals surface area contributed by atoms with E-state index in [-0.39, 0.29) is 5.91 Å². The Labute approximate surface area is 120 Å². The zero-order valence-corrected chi connectivity index (χ0v) is 11.8. The average molecular weight is 274 g/mol. The third kappa shape index (κ3) is 4.10. The molecule has 1 aliphatic heterocycles. The number of piperazine rings is 1. The number of para-hydroxylation sites is 1. The largest absolute Gasteiger partial charge is 0.493 e. The molecule has 1 saturated heterocycles. The van der Waals surface area contributed by atoms with Gasteiger partial charge in [0.15, 0.2) is 0 Å². The maximum absolute atomic E-state index is 12.0. The number of carbonyl (C=O) groups is 1. The molecule has 20 heavy (non-hydrogen) atoms. The maximum atomic E-state index is 12.0. The van der Waals surface area contributed by atoms with Crippen LogP contribution in [0.5, 0.6) is 5.75 Å². The van der Waals surface area contributed by atoms with E-state index >= 15 is 0 Å². The molecule has 4 heteroatoms. The molecule has 0 unspecified atom stereocenters. The molecule has 1 heterocycles. The van der Waals surface area contributed by atoms with E-state index in [1.54, 1.807) is 0 Å². The molecule has 0 aliphatic carbocycles. The number of rotatable bonds is 6. The molecule has 1 fully saturated rings. The van der Waals surface area contributed by atoms with Crippen LogP contribution in [0.15, 0.2) is 36.9 Å². The molecule has 1 aromatic rings. The van der Waals surface area contributed by atoms with E-state index in [9.17, 15) is 4.79 Å². The highest BCUT2D eigenvalue weighted by Gasteiger charge is 2.15. The van der Waals surface area contributed by atoms with E-state index in [0.29, 0.717) is 13.0 Å². The summed E-state index contributed by atoms with van der Waals surface area (Å²) in [5.41, 5.74) is 1.11. The Bertz CT molecular complexity index is 454. The second-order valence-electron chi connectivity index (χ2n) is 4.83. The first-order chi connectivity index (χ1) is 9.81. The fourth-order valence-corrected chi connectivity index (χ4v) is 2.29. The normalized spacial score (nSPS) is 14.9. The summed E-state index contributed by atoms with van der Waals surface area (Å²) in [7, 11) is 0. The average Bonchev–Trinajstić information content (AvgIpc) is 2.50. The highest BCUT2D eigenvalue weighted by Crippen LogP contribution is 2.18. The molecule has 1 aliphatic rings. The van der Waals surface area contributed by atoms with Crippen LogP contribution in [0.3, 0.4) is 0 Å². The summed E-state index contributed by atoms with van der Waals surface area (Å²) < 4.78 is 5.74. The molecule has 1 N–H and O–H groups in total. The van der Waals surface area contributed by atoms with E-state index in [1.165, 1.54) is 0 Å². The summed E-state index contributed by atoms with van der Waals surface area (Å²) in [4.78, 5) is 13.9. The van der Waals surface area contributed by atoms with Gasteiger partial charge >= 0.3 is 0 Å². The Hall–Kier alpha value is -1.81. The van der Waals surface area contributed by atoms with Crippen LogP contribution < -0.4 is 10.1 Å². The Morgan fingerprint density at radius 3 is 2.85 bits per heavy atom. The van der Waals surface area contributed by atoms with Crippen molar-refractivity contribution in [2.45, 2.75) is 12.8 Å².